The summed E-state index contributed by atoms with van der Waals surface area (Å²) >= 11 is 0. The predicted molar refractivity (Wildman–Crippen MR) is 124 cm³/mol. The number of hydrogen-bond acceptors (Lipinski definition) is 4. The molecule has 4 aromatic rings. The highest BCUT2D eigenvalue weighted by molar-refractivity contribution is 6.06. The van der Waals surface area contributed by atoms with Gasteiger partial charge in [-0.1, -0.05) is 49.8 Å². The number of nitrogens with zero attached hydrogens (tertiary/aromatic N) is 3. The maximum atomic E-state index is 13.5. The molecular formula is C26H25N3O2. The van der Waals surface area contributed by atoms with E-state index in [9.17, 15) is 9.90 Å². The number of benzene rings is 2. The van der Waals surface area contributed by atoms with Gasteiger partial charge in [0.15, 0.2) is 0 Å². The average Bonchev–Trinajstić information content (AvgIpc) is 2.81. The van der Waals surface area contributed by atoms with Gasteiger partial charge in [0.25, 0.3) is 5.56 Å². The summed E-state index contributed by atoms with van der Waals surface area (Å²) in [7, 11) is 0. The van der Waals surface area contributed by atoms with E-state index in [2.05, 4.69) is 28.7 Å². The summed E-state index contributed by atoms with van der Waals surface area (Å²) in [6.45, 7) is 3.81. The monoisotopic (exact) mass is 411 g/mol. The smallest absolute Gasteiger partial charge is 0.261 e. The van der Waals surface area contributed by atoms with Crippen molar-refractivity contribution in [2.24, 2.45) is 0 Å². The van der Waals surface area contributed by atoms with Gasteiger partial charge in [-0.25, -0.2) is 4.98 Å². The number of hydrogen-bond donors (Lipinski definition) is 1. The van der Waals surface area contributed by atoms with E-state index in [1.807, 2.05) is 36.5 Å². The lowest BCUT2D eigenvalue weighted by Crippen LogP contribution is -2.34. The van der Waals surface area contributed by atoms with Crippen molar-refractivity contribution < 1.29 is 5.11 Å². The normalized spacial score (nSPS) is 19.0. The lowest BCUT2D eigenvalue weighted by atomic mass is 9.92. The van der Waals surface area contributed by atoms with Crippen molar-refractivity contribution in [3.63, 3.8) is 0 Å². The summed E-state index contributed by atoms with van der Waals surface area (Å²) in [5.74, 6) is 0. The van der Waals surface area contributed by atoms with Gasteiger partial charge in [-0.2, -0.15) is 0 Å². The minimum absolute atomic E-state index is 0.0853. The molecule has 0 aliphatic heterocycles. The van der Waals surface area contributed by atoms with Gasteiger partial charge < -0.3 is 5.11 Å². The van der Waals surface area contributed by atoms with E-state index < -0.39 is 6.10 Å². The number of aliphatic hydroxyl groups is 1. The van der Waals surface area contributed by atoms with E-state index in [1.54, 1.807) is 17.1 Å². The van der Waals surface area contributed by atoms with E-state index in [0.717, 1.165) is 53.1 Å². The first-order chi connectivity index (χ1) is 15.2. The molecule has 0 bridgehead atoms. The highest BCUT2D eigenvalue weighted by atomic mass is 16.3. The molecule has 5 nitrogen and oxygen atoms in total. The van der Waals surface area contributed by atoms with Gasteiger partial charge in [0.2, 0.25) is 0 Å². The van der Waals surface area contributed by atoms with Crippen LogP contribution in [0.1, 0.15) is 48.4 Å². The highest BCUT2D eigenvalue weighted by Crippen LogP contribution is 2.30. The van der Waals surface area contributed by atoms with Gasteiger partial charge in [-0.3, -0.25) is 14.3 Å². The lowest BCUT2D eigenvalue weighted by molar-refractivity contribution is 0.0735. The van der Waals surface area contributed by atoms with Gasteiger partial charge in [0.1, 0.15) is 0 Å². The first-order valence-corrected chi connectivity index (χ1v) is 10.8. The summed E-state index contributed by atoms with van der Waals surface area (Å²) in [5.41, 5.74) is 3.88. The molecule has 1 aliphatic rings. The topological polar surface area (TPSA) is 68.0 Å². The van der Waals surface area contributed by atoms with Crippen molar-refractivity contribution in [3.8, 4) is 0 Å². The van der Waals surface area contributed by atoms with Crippen LogP contribution in [0, 0.1) is 0 Å². The van der Waals surface area contributed by atoms with Gasteiger partial charge in [-0.05, 0) is 48.1 Å². The van der Waals surface area contributed by atoms with E-state index in [1.165, 1.54) is 0 Å². The summed E-state index contributed by atoms with van der Waals surface area (Å²) in [6, 6.07) is 11.9. The third kappa shape index (κ3) is 3.55. The van der Waals surface area contributed by atoms with Crippen molar-refractivity contribution in [2.75, 3.05) is 0 Å². The largest absolute Gasteiger partial charge is 0.391 e. The summed E-state index contributed by atoms with van der Waals surface area (Å²) in [6.07, 6.45) is 10.8. The van der Waals surface area contributed by atoms with Gasteiger partial charge in [0, 0.05) is 23.2 Å². The fourth-order valence-electron chi connectivity index (χ4n) is 4.73. The van der Waals surface area contributed by atoms with E-state index in [0.29, 0.717) is 17.3 Å². The quantitative estimate of drug-likeness (QED) is 0.496. The van der Waals surface area contributed by atoms with Crippen LogP contribution in [-0.2, 0) is 6.42 Å². The number of rotatable bonds is 4. The fraction of sp³-hybridized carbons (Fsp3) is 0.269. The van der Waals surface area contributed by atoms with E-state index in [-0.39, 0.29) is 11.6 Å². The SMILES string of the molecule is C=Cc1ccc(Cc2cc3c(=O)n([C@H]4CCCC[C@@H]4O)cnc3c3ccncc23)cc1. The highest BCUT2D eigenvalue weighted by Gasteiger charge is 2.26. The van der Waals surface area contributed by atoms with Crippen LogP contribution in [0.5, 0.6) is 0 Å². The molecule has 2 aromatic carbocycles. The third-order valence-corrected chi connectivity index (χ3v) is 6.43. The van der Waals surface area contributed by atoms with E-state index in [4.69, 9.17) is 0 Å². The maximum Gasteiger partial charge on any atom is 0.261 e. The third-order valence-electron chi connectivity index (χ3n) is 6.43. The number of aliphatic hydroxyl groups excluding tert-OH is 1. The Morgan fingerprint density at radius 2 is 1.90 bits per heavy atom. The van der Waals surface area contributed by atoms with Crippen LogP contribution in [0.4, 0.5) is 0 Å². The Bertz CT molecular complexity index is 1320. The van der Waals surface area contributed by atoms with Crippen LogP contribution in [0.3, 0.4) is 0 Å². The molecule has 0 radical (unpaired) electrons. The van der Waals surface area contributed by atoms with Crippen LogP contribution in [0.2, 0.25) is 0 Å². The first kappa shape index (κ1) is 19.6. The van der Waals surface area contributed by atoms with Gasteiger partial charge in [0.05, 0.1) is 29.4 Å². The Hall–Kier alpha value is -3.31. The maximum absolute atomic E-state index is 13.5. The molecule has 1 fully saturated rings. The lowest BCUT2D eigenvalue weighted by Gasteiger charge is -2.29. The van der Waals surface area contributed by atoms with Crippen LogP contribution >= 0.6 is 0 Å². The second-order valence-electron chi connectivity index (χ2n) is 8.35. The van der Waals surface area contributed by atoms with Crippen LogP contribution in [0.25, 0.3) is 27.8 Å². The zero-order valence-electron chi connectivity index (χ0n) is 17.4. The van der Waals surface area contributed by atoms with Gasteiger partial charge in [-0.15, -0.1) is 0 Å². The molecule has 5 heteroatoms. The second kappa shape index (κ2) is 8.08. The van der Waals surface area contributed by atoms with Crippen molar-refractivity contribution in [2.45, 2.75) is 44.2 Å². The summed E-state index contributed by atoms with van der Waals surface area (Å²) < 4.78 is 1.64. The van der Waals surface area contributed by atoms with Crippen LogP contribution in [-0.4, -0.2) is 25.7 Å². The summed E-state index contributed by atoms with van der Waals surface area (Å²) in [5, 5.41) is 13.0. The Balaban J connectivity index is 1.67. The molecular weight excluding hydrogens is 386 g/mol. The average molecular weight is 412 g/mol. The first-order valence-electron chi connectivity index (χ1n) is 10.8. The number of fused-ring (bicyclic) bond motifs is 3. The molecule has 1 N–H and O–H groups in total. The molecule has 0 spiro atoms. The van der Waals surface area contributed by atoms with Crippen LogP contribution < -0.4 is 5.56 Å². The van der Waals surface area contributed by atoms with E-state index >= 15 is 0 Å². The molecule has 156 valence electrons. The molecule has 2 atom stereocenters. The second-order valence-corrected chi connectivity index (χ2v) is 8.35. The molecule has 2 aromatic heterocycles. The molecule has 0 unspecified atom stereocenters. The Labute approximate surface area is 180 Å². The zero-order chi connectivity index (χ0) is 21.4. The predicted octanol–water partition coefficient (Wildman–Crippen LogP) is 4.65. The number of pyridine rings is 1. The van der Waals surface area contributed by atoms with Crippen molar-refractivity contribution >= 4 is 27.8 Å². The molecule has 31 heavy (non-hydrogen) atoms. The van der Waals surface area contributed by atoms with Crippen molar-refractivity contribution in [3.05, 3.63) is 88.7 Å². The molecule has 5 rings (SSSR count). The number of aromatic nitrogens is 3. The van der Waals surface area contributed by atoms with Crippen molar-refractivity contribution in [1.29, 1.82) is 0 Å². The fourth-order valence-corrected chi connectivity index (χ4v) is 4.73. The standard InChI is InChI=1S/C26H25N3O2/c1-2-17-7-9-18(10-8-17)13-19-14-21-25(20-11-12-27-15-22(19)20)28-16-29(26(21)31)23-5-3-4-6-24(23)30/h2,7-12,14-16,23-24,30H,1,3-6,13H2/t23-,24-/m0/s1. The molecule has 0 amide bonds. The Kier molecular flexibility index (Phi) is 5.12. The Morgan fingerprint density at radius 3 is 2.68 bits per heavy atom. The minimum Gasteiger partial charge on any atom is -0.391 e. The molecule has 1 aliphatic carbocycles. The van der Waals surface area contributed by atoms with Crippen LogP contribution in [0.15, 0.2) is 66.5 Å². The van der Waals surface area contributed by atoms with Gasteiger partial charge >= 0.3 is 0 Å². The Morgan fingerprint density at radius 1 is 1.10 bits per heavy atom. The molecule has 0 saturated heterocycles. The van der Waals surface area contributed by atoms with Crippen molar-refractivity contribution in [1.82, 2.24) is 14.5 Å². The zero-order valence-corrected chi connectivity index (χ0v) is 17.4. The minimum atomic E-state index is -0.502. The molecule has 2 heterocycles. The summed E-state index contributed by atoms with van der Waals surface area (Å²) in [4.78, 5) is 22.5. The molecule has 1 saturated carbocycles.